The summed E-state index contributed by atoms with van der Waals surface area (Å²) in [6, 6.07) is 5.93. The summed E-state index contributed by atoms with van der Waals surface area (Å²) in [5, 5.41) is 10.9. The van der Waals surface area contributed by atoms with Crippen LogP contribution in [0.4, 0.5) is 0 Å². The van der Waals surface area contributed by atoms with Gasteiger partial charge in [-0.1, -0.05) is 38.5 Å². The summed E-state index contributed by atoms with van der Waals surface area (Å²) < 4.78 is 4.84. The maximum absolute atomic E-state index is 11.8. The second-order valence-electron chi connectivity index (χ2n) is 7.45. The third-order valence-electron chi connectivity index (χ3n) is 6.21. The number of hydrogen-bond donors (Lipinski definition) is 1. The first-order chi connectivity index (χ1) is 11.5. The third kappa shape index (κ3) is 2.69. The molecule has 0 aliphatic heterocycles. The van der Waals surface area contributed by atoms with Crippen LogP contribution in [0.3, 0.4) is 0 Å². The average molecular weight is 328 g/mol. The lowest BCUT2D eigenvalue weighted by atomic mass is 9.55. The number of methoxy groups -OCH3 is 1. The maximum atomic E-state index is 11.8. The van der Waals surface area contributed by atoms with E-state index in [9.17, 15) is 9.90 Å². The van der Waals surface area contributed by atoms with E-state index < -0.39 is 5.60 Å². The average Bonchev–Trinajstić information content (AvgIpc) is 2.60. The molecule has 0 amide bonds. The van der Waals surface area contributed by atoms with Gasteiger partial charge in [0.1, 0.15) is 0 Å². The van der Waals surface area contributed by atoms with Crippen molar-refractivity contribution < 1.29 is 14.6 Å². The molecule has 24 heavy (non-hydrogen) atoms. The SMILES string of the molecule is CCCC1(O)CCC2(CC)c3ccc(C(=O)OC)cc3C=CC2C1. The van der Waals surface area contributed by atoms with E-state index in [0.717, 1.165) is 44.1 Å². The highest BCUT2D eigenvalue weighted by Crippen LogP contribution is 2.54. The number of aliphatic hydroxyl groups is 1. The summed E-state index contributed by atoms with van der Waals surface area (Å²) in [4.78, 5) is 11.8. The van der Waals surface area contributed by atoms with Crippen molar-refractivity contribution in [3.8, 4) is 0 Å². The summed E-state index contributed by atoms with van der Waals surface area (Å²) >= 11 is 0. The van der Waals surface area contributed by atoms with Crippen LogP contribution in [0.5, 0.6) is 0 Å². The van der Waals surface area contributed by atoms with Gasteiger partial charge in [-0.05, 0) is 61.3 Å². The molecule has 3 rings (SSSR count). The van der Waals surface area contributed by atoms with E-state index in [1.165, 1.54) is 12.7 Å². The molecule has 1 aromatic rings. The van der Waals surface area contributed by atoms with Crippen molar-refractivity contribution in [2.24, 2.45) is 5.92 Å². The fraction of sp³-hybridized carbons (Fsp3) is 0.571. The van der Waals surface area contributed by atoms with E-state index in [1.54, 1.807) is 0 Å². The molecule has 0 saturated heterocycles. The van der Waals surface area contributed by atoms with Crippen LogP contribution >= 0.6 is 0 Å². The predicted octanol–water partition coefficient (Wildman–Crippen LogP) is 4.48. The Morgan fingerprint density at radius 1 is 1.33 bits per heavy atom. The van der Waals surface area contributed by atoms with Gasteiger partial charge < -0.3 is 9.84 Å². The molecule has 3 heteroatoms. The zero-order valence-corrected chi connectivity index (χ0v) is 15.0. The van der Waals surface area contributed by atoms with Gasteiger partial charge in [0.2, 0.25) is 0 Å². The topological polar surface area (TPSA) is 46.5 Å². The van der Waals surface area contributed by atoms with Gasteiger partial charge in [-0.25, -0.2) is 4.79 Å². The van der Waals surface area contributed by atoms with E-state index in [2.05, 4.69) is 32.1 Å². The standard InChI is InChI=1S/C21H28O3/c1-4-10-20(23)11-12-21(5-2)17(14-20)8-6-15-13-16(19(22)24-3)7-9-18(15)21/h6-9,13,17,23H,4-5,10-12,14H2,1-3H3. The van der Waals surface area contributed by atoms with Crippen LogP contribution in [0.25, 0.3) is 6.08 Å². The second-order valence-corrected chi connectivity index (χ2v) is 7.45. The molecule has 0 spiro atoms. The first-order valence-electron chi connectivity index (χ1n) is 9.11. The minimum atomic E-state index is -0.522. The van der Waals surface area contributed by atoms with E-state index in [1.807, 2.05) is 12.1 Å². The van der Waals surface area contributed by atoms with Crippen LogP contribution in [0, 0.1) is 5.92 Å². The molecule has 0 radical (unpaired) electrons. The van der Waals surface area contributed by atoms with Crippen molar-refractivity contribution in [1.82, 2.24) is 0 Å². The summed E-state index contributed by atoms with van der Waals surface area (Å²) in [5.74, 6) is 0.0733. The Hall–Kier alpha value is -1.61. The summed E-state index contributed by atoms with van der Waals surface area (Å²) in [6.45, 7) is 4.38. The summed E-state index contributed by atoms with van der Waals surface area (Å²) in [6.07, 6.45) is 10.0. The summed E-state index contributed by atoms with van der Waals surface area (Å²) in [7, 11) is 1.41. The van der Waals surface area contributed by atoms with Gasteiger partial charge in [0.15, 0.2) is 0 Å². The van der Waals surface area contributed by atoms with Crippen molar-refractivity contribution in [3.63, 3.8) is 0 Å². The number of carbonyl (C=O) groups is 1. The molecule has 0 bridgehead atoms. The Morgan fingerprint density at radius 3 is 2.79 bits per heavy atom. The third-order valence-corrected chi connectivity index (χ3v) is 6.21. The number of carbonyl (C=O) groups excluding carboxylic acids is 1. The second kappa shape index (κ2) is 6.36. The molecule has 1 aromatic carbocycles. The predicted molar refractivity (Wildman–Crippen MR) is 96.0 cm³/mol. The van der Waals surface area contributed by atoms with Gasteiger partial charge in [-0.15, -0.1) is 0 Å². The molecule has 2 aliphatic rings. The van der Waals surface area contributed by atoms with Gasteiger partial charge in [-0.2, -0.15) is 0 Å². The lowest BCUT2D eigenvalue weighted by Crippen LogP contribution is -2.48. The van der Waals surface area contributed by atoms with Gasteiger partial charge >= 0.3 is 5.97 Å². The largest absolute Gasteiger partial charge is 0.465 e. The van der Waals surface area contributed by atoms with Crippen LogP contribution in [-0.2, 0) is 10.2 Å². The van der Waals surface area contributed by atoms with E-state index in [4.69, 9.17) is 4.74 Å². The molecule has 3 atom stereocenters. The van der Waals surface area contributed by atoms with Crippen molar-refractivity contribution in [2.45, 2.75) is 63.4 Å². The normalized spacial score (nSPS) is 31.2. The van der Waals surface area contributed by atoms with Crippen molar-refractivity contribution in [1.29, 1.82) is 0 Å². The molecule has 1 N–H and O–H groups in total. The molecule has 130 valence electrons. The Balaban J connectivity index is 1.99. The lowest BCUT2D eigenvalue weighted by molar-refractivity contribution is -0.0426. The smallest absolute Gasteiger partial charge is 0.337 e. The zero-order valence-electron chi connectivity index (χ0n) is 15.0. The summed E-state index contributed by atoms with van der Waals surface area (Å²) in [5.41, 5.74) is 2.61. The van der Waals surface area contributed by atoms with Crippen LogP contribution in [-0.4, -0.2) is 23.8 Å². The first-order valence-corrected chi connectivity index (χ1v) is 9.11. The van der Waals surface area contributed by atoms with Crippen LogP contribution < -0.4 is 0 Å². The maximum Gasteiger partial charge on any atom is 0.337 e. The number of hydrogen-bond acceptors (Lipinski definition) is 3. The van der Waals surface area contributed by atoms with Crippen LogP contribution in [0.2, 0.25) is 0 Å². The number of allylic oxidation sites excluding steroid dienone is 1. The molecule has 3 unspecified atom stereocenters. The van der Waals surface area contributed by atoms with Crippen LogP contribution in [0.15, 0.2) is 24.3 Å². The molecule has 0 aromatic heterocycles. The highest BCUT2D eigenvalue weighted by atomic mass is 16.5. The minimum absolute atomic E-state index is 0.0820. The minimum Gasteiger partial charge on any atom is -0.465 e. The molecular weight excluding hydrogens is 300 g/mol. The van der Waals surface area contributed by atoms with Crippen molar-refractivity contribution >= 4 is 12.0 Å². The molecule has 1 saturated carbocycles. The molecule has 1 fully saturated rings. The Kier molecular flexibility index (Phi) is 4.56. The highest BCUT2D eigenvalue weighted by Gasteiger charge is 2.49. The molecule has 0 heterocycles. The van der Waals surface area contributed by atoms with Gasteiger partial charge in [0, 0.05) is 5.41 Å². The van der Waals surface area contributed by atoms with Gasteiger partial charge in [0.25, 0.3) is 0 Å². The van der Waals surface area contributed by atoms with E-state index in [0.29, 0.717) is 11.5 Å². The van der Waals surface area contributed by atoms with E-state index >= 15 is 0 Å². The molecule has 2 aliphatic carbocycles. The lowest BCUT2D eigenvalue weighted by Gasteiger charge is -2.51. The number of rotatable bonds is 4. The molecular formula is C21H28O3. The Bertz CT molecular complexity index is 663. The number of ether oxygens (including phenoxy) is 1. The number of fused-ring (bicyclic) bond motifs is 3. The number of esters is 1. The van der Waals surface area contributed by atoms with Crippen LogP contribution in [0.1, 0.15) is 73.9 Å². The van der Waals surface area contributed by atoms with Crippen molar-refractivity contribution in [3.05, 3.63) is 41.0 Å². The highest BCUT2D eigenvalue weighted by molar-refractivity contribution is 5.90. The van der Waals surface area contributed by atoms with Gasteiger partial charge in [-0.3, -0.25) is 0 Å². The fourth-order valence-corrected chi connectivity index (χ4v) is 4.88. The monoisotopic (exact) mass is 328 g/mol. The Morgan fingerprint density at radius 2 is 2.12 bits per heavy atom. The van der Waals surface area contributed by atoms with E-state index in [-0.39, 0.29) is 11.4 Å². The van der Waals surface area contributed by atoms with Crippen molar-refractivity contribution in [2.75, 3.05) is 7.11 Å². The van der Waals surface area contributed by atoms with Gasteiger partial charge in [0.05, 0.1) is 18.3 Å². The molecule has 3 nitrogen and oxygen atoms in total. The zero-order chi connectivity index (χ0) is 17.4. The Labute approximate surface area is 144 Å². The quantitative estimate of drug-likeness (QED) is 0.829. The number of benzene rings is 1. The first kappa shape index (κ1) is 17.2. The fourth-order valence-electron chi connectivity index (χ4n) is 4.88.